The summed E-state index contributed by atoms with van der Waals surface area (Å²) in [7, 11) is 1.62. The van der Waals surface area contributed by atoms with Gasteiger partial charge >= 0.3 is 0 Å². The normalized spacial score (nSPS) is 18.0. The Hall–Kier alpha value is -2.28. The van der Waals surface area contributed by atoms with Crippen LogP contribution in [0.3, 0.4) is 0 Å². The van der Waals surface area contributed by atoms with E-state index in [9.17, 15) is 4.79 Å². The number of thioether (sulfide) groups is 1. The lowest BCUT2D eigenvalue weighted by Crippen LogP contribution is -2.32. The third kappa shape index (κ3) is 5.41. The molecule has 3 rings (SSSR count). The highest BCUT2D eigenvalue weighted by molar-refractivity contribution is 8.15. The summed E-state index contributed by atoms with van der Waals surface area (Å²) in [4.78, 5) is 14.4. The van der Waals surface area contributed by atoms with Gasteiger partial charge in [-0.1, -0.05) is 47.1 Å². The fourth-order valence-electron chi connectivity index (χ4n) is 2.73. The Labute approximate surface area is 184 Å². The van der Waals surface area contributed by atoms with Crippen molar-refractivity contribution >= 4 is 52.3 Å². The Balaban J connectivity index is 1.75. The summed E-state index contributed by atoms with van der Waals surface area (Å²) in [6.45, 7) is 4.10. The van der Waals surface area contributed by atoms with Crippen LogP contribution in [0.4, 0.5) is 0 Å². The number of carbonyl (C=O) groups excluding carboxylic acids is 1. The van der Waals surface area contributed by atoms with E-state index in [1.54, 1.807) is 36.4 Å². The summed E-state index contributed by atoms with van der Waals surface area (Å²) in [6.07, 6.45) is 3.83. The standard InChI is InChI=1S/C21H19Cl2N3O2S/c1-3-10-26-20(27)19(12-15-6-9-17(22)18(23)11-15)29-21(26)25-24-13-14-4-7-16(28-2)8-5-14/h3-9,11,13,19H,1,10,12H2,2H3/b24-13+,25-21-. The van der Waals surface area contributed by atoms with Crippen LogP contribution in [0, 0.1) is 0 Å². The zero-order valence-corrected chi connectivity index (χ0v) is 18.0. The molecule has 1 atom stereocenters. The number of ether oxygens (including phenoxy) is 1. The van der Waals surface area contributed by atoms with Gasteiger partial charge in [0.1, 0.15) is 5.75 Å². The third-order valence-electron chi connectivity index (χ3n) is 4.20. The maximum atomic E-state index is 12.8. The average molecular weight is 448 g/mol. The van der Waals surface area contributed by atoms with Crippen molar-refractivity contribution in [3.05, 3.63) is 76.3 Å². The van der Waals surface area contributed by atoms with Gasteiger partial charge in [-0.25, -0.2) is 0 Å². The van der Waals surface area contributed by atoms with E-state index in [-0.39, 0.29) is 11.2 Å². The van der Waals surface area contributed by atoms with Gasteiger partial charge in [-0.3, -0.25) is 9.69 Å². The second-order valence-electron chi connectivity index (χ2n) is 6.20. The van der Waals surface area contributed by atoms with Gasteiger partial charge in [0, 0.05) is 6.54 Å². The monoisotopic (exact) mass is 447 g/mol. The molecule has 1 aliphatic rings. The van der Waals surface area contributed by atoms with Gasteiger partial charge in [-0.05, 0) is 53.9 Å². The number of methoxy groups -OCH3 is 1. The van der Waals surface area contributed by atoms with Crippen LogP contribution in [0.5, 0.6) is 5.75 Å². The first-order valence-corrected chi connectivity index (χ1v) is 10.4. The molecule has 0 radical (unpaired) electrons. The van der Waals surface area contributed by atoms with Crippen LogP contribution in [0.2, 0.25) is 10.0 Å². The number of amides is 1. The number of nitrogens with zero attached hydrogens (tertiary/aromatic N) is 3. The van der Waals surface area contributed by atoms with Crippen LogP contribution >= 0.6 is 35.0 Å². The van der Waals surface area contributed by atoms with E-state index in [1.807, 2.05) is 30.3 Å². The first-order valence-electron chi connectivity index (χ1n) is 8.79. The Morgan fingerprint density at radius 3 is 2.62 bits per heavy atom. The van der Waals surface area contributed by atoms with E-state index >= 15 is 0 Å². The van der Waals surface area contributed by atoms with Crippen LogP contribution in [-0.4, -0.2) is 41.1 Å². The molecule has 0 spiro atoms. The van der Waals surface area contributed by atoms with Gasteiger partial charge in [0.05, 0.1) is 28.6 Å². The van der Waals surface area contributed by atoms with Gasteiger partial charge in [0.15, 0.2) is 5.17 Å². The summed E-state index contributed by atoms with van der Waals surface area (Å²) in [5.41, 5.74) is 1.82. The number of hydrogen-bond donors (Lipinski definition) is 0. The summed E-state index contributed by atoms with van der Waals surface area (Å²) in [5, 5.41) is 9.62. The van der Waals surface area contributed by atoms with Crippen molar-refractivity contribution in [2.75, 3.05) is 13.7 Å². The van der Waals surface area contributed by atoms with Crippen molar-refractivity contribution in [3.8, 4) is 5.75 Å². The smallest absolute Gasteiger partial charge is 0.242 e. The van der Waals surface area contributed by atoms with Gasteiger partial charge < -0.3 is 4.74 Å². The Morgan fingerprint density at radius 1 is 1.21 bits per heavy atom. The molecule has 0 aromatic heterocycles. The second-order valence-corrected chi connectivity index (χ2v) is 8.18. The Kier molecular flexibility index (Phi) is 7.36. The Bertz CT molecular complexity index is 961. The maximum absolute atomic E-state index is 12.8. The zero-order valence-electron chi connectivity index (χ0n) is 15.7. The van der Waals surface area contributed by atoms with E-state index in [4.69, 9.17) is 27.9 Å². The molecule has 0 aliphatic carbocycles. The molecule has 8 heteroatoms. The van der Waals surface area contributed by atoms with Gasteiger partial charge in [-0.15, -0.1) is 11.7 Å². The van der Waals surface area contributed by atoms with Crippen molar-refractivity contribution in [1.29, 1.82) is 0 Å². The molecule has 150 valence electrons. The van der Waals surface area contributed by atoms with Crippen LogP contribution in [-0.2, 0) is 11.2 Å². The summed E-state index contributed by atoms with van der Waals surface area (Å²) in [6, 6.07) is 12.8. The molecule has 2 aromatic rings. The lowest BCUT2D eigenvalue weighted by atomic mass is 10.1. The van der Waals surface area contributed by atoms with Gasteiger partial charge in [0.25, 0.3) is 0 Å². The number of benzene rings is 2. The summed E-state index contributed by atoms with van der Waals surface area (Å²) < 4.78 is 5.14. The quantitative estimate of drug-likeness (QED) is 0.338. The highest BCUT2D eigenvalue weighted by Crippen LogP contribution is 2.31. The van der Waals surface area contributed by atoms with Crippen molar-refractivity contribution in [3.63, 3.8) is 0 Å². The molecule has 1 saturated heterocycles. The molecule has 0 N–H and O–H groups in total. The lowest BCUT2D eigenvalue weighted by Gasteiger charge is -2.13. The fraction of sp³-hybridized carbons (Fsp3) is 0.190. The summed E-state index contributed by atoms with van der Waals surface area (Å²) in [5.74, 6) is 0.743. The molecular weight excluding hydrogens is 429 g/mol. The van der Waals surface area contributed by atoms with E-state index in [0.717, 1.165) is 16.9 Å². The van der Waals surface area contributed by atoms with Gasteiger partial charge in [-0.2, -0.15) is 5.10 Å². The zero-order chi connectivity index (χ0) is 20.8. The third-order valence-corrected chi connectivity index (χ3v) is 6.11. The van der Waals surface area contributed by atoms with Crippen LogP contribution in [0.15, 0.2) is 65.3 Å². The van der Waals surface area contributed by atoms with Crippen molar-refractivity contribution in [2.24, 2.45) is 10.2 Å². The fourth-order valence-corrected chi connectivity index (χ4v) is 4.19. The molecule has 29 heavy (non-hydrogen) atoms. The minimum atomic E-state index is -0.304. The molecule has 1 unspecified atom stereocenters. The number of halogens is 2. The van der Waals surface area contributed by atoms with Gasteiger partial charge in [0.2, 0.25) is 5.91 Å². The predicted molar refractivity (Wildman–Crippen MR) is 121 cm³/mol. The largest absolute Gasteiger partial charge is 0.497 e. The number of hydrogen-bond acceptors (Lipinski definition) is 5. The average Bonchev–Trinajstić information content (AvgIpc) is 3.01. The number of carbonyl (C=O) groups is 1. The number of rotatable bonds is 7. The maximum Gasteiger partial charge on any atom is 0.242 e. The van der Waals surface area contributed by atoms with Crippen molar-refractivity contribution in [1.82, 2.24) is 4.90 Å². The molecule has 1 heterocycles. The molecule has 0 bridgehead atoms. The molecule has 1 amide bonds. The lowest BCUT2D eigenvalue weighted by molar-refractivity contribution is -0.125. The molecule has 1 aliphatic heterocycles. The predicted octanol–water partition coefficient (Wildman–Crippen LogP) is 5.06. The van der Waals surface area contributed by atoms with Crippen molar-refractivity contribution < 1.29 is 9.53 Å². The summed E-state index contributed by atoms with van der Waals surface area (Å²) >= 11 is 13.4. The van der Waals surface area contributed by atoms with E-state index in [0.29, 0.717) is 28.2 Å². The van der Waals surface area contributed by atoms with Crippen LogP contribution in [0.25, 0.3) is 0 Å². The van der Waals surface area contributed by atoms with E-state index < -0.39 is 0 Å². The topological polar surface area (TPSA) is 54.3 Å². The molecular formula is C21H19Cl2N3O2S. The molecule has 2 aromatic carbocycles. The highest BCUT2D eigenvalue weighted by atomic mass is 35.5. The minimum Gasteiger partial charge on any atom is -0.497 e. The molecule has 0 saturated carbocycles. The highest BCUT2D eigenvalue weighted by Gasteiger charge is 2.37. The van der Waals surface area contributed by atoms with E-state index in [1.165, 1.54) is 11.8 Å². The Morgan fingerprint density at radius 2 is 1.97 bits per heavy atom. The SMILES string of the molecule is C=CCN1C(=O)C(Cc2ccc(Cl)c(Cl)c2)S/C1=N\N=C\c1ccc(OC)cc1. The first kappa shape index (κ1) is 21.4. The first-order chi connectivity index (χ1) is 14.0. The number of amidine groups is 1. The van der Waals surface area contributed by atoms with E-state index in [2.05, 4.69) is 16.8 Å². The van der Waals surface area contributed by atoms with Crippen LogP contribution in [0.1, 0.15) is 11.1 Å². The van der Waals surface area contributed by atoms with Crippen LogP contribution < -0.4 is 4.74 Å². The second kappa shape index (κ2) is 9.96. The molecule has 1 fully saturated rings. The minimum absolute atomic E-state index is 0.0284. The molecule has 5 nitrogen and oxygen atoms in total. The van der Waals surface area contributed by atoms with Crippen molar-refractivity contribution in [2.45, 2.75) is 11.7 Å².